The van der Waals surface area contributed by atoms with Crippen molar-refractivity contribution in [2.45, 2.75) is 57.5 Å². The molecular weight excluding hydrogens is 318 g/mol. The van der Waals surface area contributed by atoms with Crippen LogP contribution in [0.1, 0.15) is 45.4 Å². The Labute approximate surface area is 143 Å². The van der Waals surface area contributed by atoms with Gasteiger partial charge in [0.25, 0.3) is 0 Å². The smallest absolute Gasteiger partial charge is 0.240 e. The van der Waals surface area contributed by atoms with Crippen molar-refractivity contribution in [1.29, 1.82) is 0 Å². The molecule has 3 aliphatic rings. The zero-order valence-electron chi connectivity index (χ0n) is 13.5. The maximum absolute atomic E-state index is 12.3. The van der Waals surface area contributed by atoms with Gasteiger partial charge in [0.2, 0.25) is 17.7 Å². The van der Waals surface area contributed by atoms with E-state index in [1.165, 1.54) is 4.90 Å². The van der Waals surface area contributed by atoms with Gasteiger partial charge < -0.3 is 10.6 Å². The molecule has 4 unspecified atom stereocenters. The predicted molar refractivity (Wildman–Crippen MR) is 88.0 cm³/mol. The standard InChI is InChI=1S/C16H25N3O3.ClH/c1-10-8-11(6-7-17-10)18-14(20)9-19-15(21)12-4-2-3-5-13(12)16(19)22;/h10-13,17H,2-9H2,1H3,(H,18,20);1H. The van der Waals surface area contributed by atoms with Crippen molar-refractivity contribution in [3.63, 3.8) is 0 Å². The van der Waals surface area contributed by atoms with E-state index in [2.05, 4.69) is 17.6 Å². The molecular formula is C16H26ClN3O3. The van der Waals surface area contributed by atoms with Gasteiger partial charge in [0, 0.05) is 12.1 Å². The van der Waals surface area contributed by atoms with Crippen molar-refractivity contribution in [3.05, 3.63) is 0 Å². The van der Waals surface area contributed by atoms with Crippen LogP contribution in [-0.2, 0) is 14.4 Å². The van der Waals surface area contributed by atoms with Crippen LogP contribution in [0.2, 0.25) is 0 Å². The van der Waals surface area contributed by atoms with Crippen molar-refractivity contribution >= 4 is 30.1 Å². The van der Waals surface area contributed by atoms with Crippen LogP contribution >= 0.6 is 12.4 Å². The lowest BCUT2D eigenvalue weighted by atomic mass is 9.81. The summed E-state index contributed by atoms with van der Waals surface area (Å²) >= 11 is 0. The summed E-state index contributed by atoms with van der Waals surface area (Å²) < 4.78 is 0. The molecule has 0 aromatic carbocycles. The summed E-state index contributed by atoms with van der Waals surface area (Å²) in [6.07, 6.45) is 5.38. The van der Waals surface area contributed by atoms with Gasteiger partial charge in [-0.3, -0.25) is 19.3 Å². The van der Waals surface area contributed by atoms with Crippen LogP contribution in [0.5, 0.6) is 0 Å². The third-order valence-electron chi connectivity index (χ3n) is 5.22. The molecule has 1 saturated carbocycles. The minimum Gasteiger partial charge on any atom is -0.352 e. The molecule has 0 bridgehead atoms. The van der Waals surface area contributed by atoms with E-state index < -0.39 is 0 Å². The molecule has 2 aliphatic heterocycles. The highest BCUT2D eigenvalue weighted by molar-refractivity contribution is 6.07. The molecule has 0 spiro atoms. The second-order valence-electron chi connectivity index (χ2n) is 6.90. The molecule has 3 rings (SSSR count). The average molecular weight is 344 g/mol. The molecule has 1 aliphatic carbocycles. The van der Waals surface area contributed by atoms with Crippen LogP contribution < -0.4 is 10.6 Å². The highest BCUT2D eigenvalue weighted by Gasteiger charge is 2.48. The van der Waals surface area contributed by atoms with Crippen molar-refractivity contribution in [3.8, 4) is 0 Å². The topological polar surface area (TPSA) is 78.5 Å². The van der Waals surface area contributed by atoms with Gasteiger partial charge >= 0.3 is 0 Å². The lowest BCUT2D eigenvalue weighted by Crippen LogP contribution is -2.49. The molecule has 23 heavy (non-hydrogen) atoms. The van der Waals surface area contributed by atoms with Crippen LogP contribution in [0.3, 0.4) is 0 Å². The zero-order valence-corrected chi connectivity index (χ0v) is 14.4. The number of piperidine rings is 1. The second kappa shape index (κ2) is 7.62. The molecule has 0 aromatic heterocycles. The Balaban J connectivity index is 0.00000192. The Morgan fingerprint density at radius 2 is 1.78 bits per heavy atom. The fourth-order valence-corrected chi connectivity index (χ4v) is 4.07. The maximum atomic E-state index is 12.3. The van der Waals surface area contributed by atoms with E-state index in [-0.39, 0.29) is 54.6 Å². The number of halogens is 1. The van der Waals surface area contributed by atoms with Crippen molar-refractivity contribution < 1.29 is 14.4 Å². The lowest BCUT2D eigenvalue weighted by molar-refractivity contribution is -0.143. The number of hydrogen-bond donors (Lipinski definition) is 2. The highest BCUT2D eigenvalue weighted by atomic mass is 35.5. The third kappa shape index (κ3) is 3.86. The second-order valence-corrected chi connectivity index (χ2v) is 6.90. The fourth-order valence-electron chi connectivity index (χ4n) is 4.07. The maximum Gasteiger partial charge on any atom is 0.240 e. The van der Waals surface area contributed by atoms with E-state index in [0.29, 0.717) is 6.04 Å². The molecule has 3 amide bonds. The number of nitrogens with one attached hydrogen (secondary N) is 2. The number of amides is 3. The molecule has 0 aromatic rings. The molecule has 2 saturated heterocycles. The van der Waals surface area contributed by atoms with E-state index in [0.717, 1.165) is 45.1 Å². The average Bonchev–Trinajstić information content (AvgIpc) is 2.73. The number of rotatable bonds is 3. The van der Waals surface area contributed by atoms with E-state index >= 15 is 0 Å². The Morgan fingerprint density at radius 1 is 1.17 bits per heavy atom. The number of carbonyl (C=O) groups excluding carboxylic acids is 3. The van der Waals surface area contributed by atoms with Crippen LogP contribution in [0.15, 0.2) is 0 Å². The van der Waals surface area contributed by atoms with Gasteiger partial charge in [-0.2, -0.15) is 0 Å². The molecule has 2 heterocycles. The van der Waals surface area contributed by atoms with Crippen LogP contribution in [0, 0.1) is 11.8 Å². The number of imide groups is 1. The Bertz CT molecular complexity index is 461. The Kier molecular flexibility index (Phi) is 6.03. The van der Waals surface area contributed by atoms with Gasteiger partial charge in [0.05, 0.1) is 11.8 Å². The van der Waals surface area contributed by atoms with Gasteiger partial charge in [-0.05, 0) is 39.2 Å². The van der Waals surface area contributed by atoms with Crippen molar-refractivity contribution in [2.75, 3.05) is 13.1 Å². The van der Waals surface area contributed by atoms with Crippen LogP contribution in [-0.4, -0.2) is 47.8 Å². The minimum absolute atomic E-state index is 0. The van der Waals surface area contributed by atoms with Crippen LogP contribution in [0.4, 0.5) is 0 Å². The summed E-state index contributed by atoms with van der Waals surface area (Å²) in [5.41, 5.74) is 0. The number of carbonyl (C=O) groups is 3. The summed E-state index contributed by atoms with van der Waals surface area (Å²) in [5, 5.41) is 6.31. The molecule has 7 heteroatoms. The molecule has 3 fully saturated rings. The number of fused-ring (bicyclic) bond motifs is 1. The first-order chi connectivity index (χ1) is 10.6. The summed E-state index contributed by atoms with van der Waals surface area (Å²) in [6.45, 7) is 2.87. The molecule has 130 valence electrons. The Hall–Kier alpha value is -1.14. The molecule has 4 atom stereocenters. The van der Waals surface area contributed by atoms with Crippen LogP contribution in [0.25, 0.3) is 0 Å². The van der Waals surface area contributed by atoms with Gasteiger partial charge in [0.15, 0.2) is 0 Å². The molecule has 6 nitrogen and oxygen atoms in total. The monoisotopic (exact) mass is 343 g/mol. The Morgan fingerprint density at radius 3 is 2.35 bits per heavy atom. The zero-order chi connectivity index (χ0) is 15.7. The SMILES string of the molecule is CC1CC(NC(=O)CN2C(=O)C3CCCCC3C2=O)CCN1.Cl. The first kappa shape index (κ1) is 18.2. The quantitative estimate of drug-likeness (QED) is 0.744. The first-order valence-corrected chi connectivity index (χ1v) is 8.44. The van der Waals surface area contributed by atoms with E-state index in [1.54, 1.807) is 0 Å². The largest absolute Gasteiger partial charge is 0.352 e. The van der Waals surface area contributed by atoms with Gasteiger partial charge in [0.1, 0.15) is 6.54 Å². The van der Waals surface area contributed by atoms with E-state index in [4.69, 9.17) is 0 Å². The summed E-state index contributed by atoms with van der Waals surface area (Å²) in [7, 11) is 0. The highest BCUT2D eigenvalue weighted by Crippen LogP contribution is 2.37. The van der Waals surface area contributed by atoms with Crippen molar-refractivity contribution in [2.24, 2.45) is 11.8 Å². The number of hydrogen-bond acceptors (Lipinski definition) is 4. The van der Waals surface area contributed by atoms with Crippen molar-refractivity contribution in [1.82, 2.24) is 15.5 Å². The summed E-state index contributed by atoms with van der Waals surface area (Å²) in [5.74, 6) is -0.826. The predicted octanol–water partition coefficient (Wildman–Crippen LogP) is 0.840. The van der Waals surface area contributed by atoms with Gasteiger partial charge in [-0.15, -0.1) is 12.4 Å². The number of nitrogens with zero attached hydrogens (tertiary/aromatic N) is 1. The van der Waals surface area contributed by atoms with E-state index in [9.17, 15) is 14.4 Å². The fraction of sp³-hybridized carbons (Fsp3) is 0.812. The summed E-state index contributed by atoms with van der Waals surface area (Å²) in [6, 6.07) is 0.524. The molecule has 0 radical (unpaired) electrons. The van der Waals surface area contributed by atoms with E-state index in [1.807, 2.05) is 0 Å². The first-order valence-electron chi connectivity index (χ1n) is 8.44. The lowest BCUT2D eigenvalue weighted by Gasteiger charge is -2.29. The van der Waals surface area contributed by atoms with Gasteiger partial charge in [-0.25, -0.2) is 0 Å². The third-order valence-corrected chi connectivity index (χ3v) is 5.22. The molecule has 2 N–H and O–H groups in total. The van der Waals surface area contributed by atoms with Gasteiger partial charge in [-0.1, -0.05) is 12.8 Å². The number of likely N-dealkylation sites (tertiary alicyclic amines) is 1. The minimum atomic E-state index is -0.209. The normalized spacial score (nSPS) is 33.9. The summed E-state index contributed by atoms with van der Waals surface area (Å²) in [4.78, 5) is 38.1.